The summed E-state index contributed by atoms with van der Waals surface area (Å²) >= 11 is 0. The highest BCUT2D eigenvalue weighted by Crippen LogP contribution is 2.24. The first-order valence-corrected chi connectivity index (χ1v) is 5.82. The fourth-order valence-electron chi connectivity index (χ4n) is 2.34. The highest BCUT2D eigenvalue weighted by molar-refractivity contribution is 5.24. The zero-order valence-electron chi connectivity index (χ0n) is 9.45. The first kappa shape index (κ1) is 10.7. The summed E-state index contributed by atoms with van der Waals surface area (Å²) in [6, 6.07) is 9.20. The minimum Gasteiger partial charge on any atom is -0.329 e. The molecule has 1 aliphatic rings. The van der Waals surface area contributed by atoms with Crippen molar-refractivity contribution < 1.29 is 0 Å². The van der Waals surface area contributed by atoms with Crippen LogP contribution in [0.15, 0.2) is 24.3 Å². The molecule has 1 atom stereocenters. The molecule has 0 radical (unpaired) electrons. The van der Waals surface area contributed by atoms with Crippen LogP contribution in [0, 0.1) is 6.92 Å². The maximum absolute atomic E-state index is 5.88. The Hall–Kier alpha value is -0.860. The smallest absolute Gasteiger partial charge is 0.0470 e. The van der Waals surface area contributed by atoms with Crippen LogP contribution < -0.4 is 5.73 Å². The molecule has 2 N–H and O–H groups in total. The summed E-state index contributed by atoms with van der Waals surface area (Å²) < 4.78 is 0. The van der Waals surface area contributed by atoms with Crippen molar-refractivity contribution in [3.63, 3.8) is 0 Å². The van der Waals surface area contributed by atoms with Crippen LogP contribution in [0.25, 0.3) is 0 Å². The van der Waals surface area contributed by atoms with Crippen molar-refractivity contribution in [2.24, 2.45) is 5.73 Å². The normalized spacial score (nSPS) is 19.3. The second-order valence-corrected chi connectivity index (χ2v) is 4.41. The van der Waals surface area contributed by atoms with Gasteiger partial charge in [0.15, 0.2) is 0 Å². The quantitative estimate of drug-likeness (QED) is 0.817. The van der Waals surface area contributed by atoms with Crippen molar-refractivity contribution in [1.82, 2.24) is 4.90 Å². The molecule has 0 aliphatic carbocycles. The van der Waals surface area contributed by atoms with Gasteiger partial charge in [0.2, 0.25) is 0 Å². The fourth-order valence-corrected chi connectivity index (χ4v) is 2.34. The zero-order chi connectivity index (χ0) is 10.7. The van der Waals surface area contributed by atoms with Gasteiger partial charge < -0.3 is 5.73 Å². The van der Waals surface area contributed by atoms with E-state index in [4.69, 9.17) is 5.73 Å². The highest BCUT2D eigenvalue weighted by atomic mass is 15.2. The highest BCUT2D eigenvalue weighted by Gasteiger charge is 2.21. The predicted molar refractivity (Wildman–Crippen MR) is 63.8 cm³/mol. The van der Waals surface area contributed by atoms with Crippen LogP contribution in [0.3, 0.4) is 0 Å². The lowest BCUT2D eigenvalue weighted by atomic mass is 10.0. The van der Waals surface area contributed by atoms with E-state index >= 15 is 0 Å². The fraction of sp³-hybridized carbons (Fsp3) is 0.538. The molecule has 2 heteroatoms. The molecule has 1 aromatic rings. The summed E-state index contributed by atoms with van der Waals surface area (Å²) in [4.78, 5) is 2.50. The number of nitrogens with zero attached hydrogens (tertiary/aromatic N) is 1. The number of rotatable bonds is 3. The van der Waals surface area contributed by atoms with E-state index in [2.05, 4.69) is 36.1 Å². The Balaban J connectivity index is 2.14. The van der Waals surface area contributed by atoms with Crippen LogP contribution in [0.2, 0.25) is 0 Å². The lowest BCUT2D eigenvalue weighted by Crippen LogP contribution is -2.31. The van der Waals surface area contributed by atoms with Gasteiger partial charge in [-0.05, 0) is 38.4 Å². The van der Waals surface area contributed by atoms with Crippen LogP contribution in [0.1, 0.15) is 30.0 Å². The molecule has 1 fully saturated rings. The Kier molecular flexibility index (Phi) is 3.39. The summed E-state index contributed by atoms with van der Waals surface area (Å²) in [5.41, 5.74) is 8.56. The summed E-state index contributed by atoms with van der Waals surface area (Å²) in [5.74, 6) is 0. The summed E-state index contributed by atoms with van der Waals surface area (Å²) in [6.07, 6.45) is 2.64. The maximum Gasteiger partial charge on any atom is 0.0470 e. The molecule has 0 saturated carbocycles. The van der Waals surface area contributed by atoms with Gasteiger partial charge in [-0.25, -0.2) is 0 Å². The Morgan fingerprint density at radius 2 is 1.80 bits per heavy atom. The zero-order valence-corrected chi connectivity index (χ0v) is 9.45. The monoisotopic (exact) mass is 204 g/mol. The van der Waals surface area contributed by atoms with Crippen LogP contribution in [-0.4, -0.2) is 24.5 Å². The summed E-state index contributed by atoms with van der Waals surface area (Å²) in [5, 5.41) is 0. The maximum atomic E-state index is 5.88. The standard InChI is InChI=1S/C13H20N2/c1-11-4-6-12(7-5-11)13(10-14)15-8-2-3-9-15/h4-7,13H,2-3,8-10,14H2,1H3/t13-/m0/s1. The van der Waals surface area contributed by atoms with Gasteiger partial charge in [0.25, 0.3) is 0 Å². The SMILES string of the molecule is Cc1ccc([C@H](CN)N2CCCC2)cc1. The third-order valence-corrected chi connectivity index (χ3v) is 3.27. The number of hydrogen-bond donors (Lipinski definition) is 1. The minimum absolute atomic E-state index is 0.424. The second kappa shape index (κ2) is 4.77. The molecule has 1 aliphatic heterocycles. The largest absolute Gasteiger partial charge is 0.329 e. The van der Waals surface area contributed by atoms with Crippen LogP contribution in [0.4, 0.5) is 0 Å². The first-order valence-electron chi connectivity index (χ1n) is 5.82. The number of hydrogen-bond acceptors (Lipinski definition) is 2. The van der Waals surface area contributed by atoms with Crippen molar-refractivity contribution in [3.8, 4) is 0 Å². The van der Waals surface area contributed by atoms with Crippen molar-refractivity contribution in [2.45, 2.75) is 25.8 Å². The molecule has 0 unspecified atom stereocenters. The van der Waals surface area contributed by atoms with E-state index in [0.717, 1.165) is 6.54 Å². The number of nitrogens with two attached hydrogens (primary N) is 1. The molecule has 0 bridgehead atoms. The van der Waals surface area contributed by atoms with E-state index in [0.29, 0.717) is 6.04 Å². The number of likely N-dealkylation sites (tertiary alicyclic amines) is 1. The third-order valence-electron chi connectivity index (χ3n) is 3.27. The molecule has 2 nitrogen and oxygen atoms in total. The van der Waals surface area contributed by atoms with Gasteiger partial charge in [-0.1, -0.05) is 29.8 Å². The summed E-state index contributed by atoms with van der Waals surface area (Å²) in [7, 11) is 0. The van der Waals surface area contributed by atoms with Crippen molar-refractivity contribution in [1.29, 1.82) is 0 Å². The number of aryl methyl sites for hydroxylation is 1. The summed E-state index contributed by atoms with van der Waals surface area (Å²) in [6.45, 7) is 5.26. The molecule has 1 heterocycles. The van der Waals surface area contributed by atoms with Crippen molar-refractivity contribution >= 4 is 0 Å². The van der Waals surface area contributed by atoms with E-state index in [-0.39, 0.29) is 0 Å². The van der Waals surface area contributed by atoms with Crippen LogP contribution >= 0.6 is 0 Å². The average Bonchev–Trinajstić information content (AvgIpc) is 2.75. The van der Waals surface area contributed by atoms with Crippen LogP contribution in [0.5, 0.6) is 0 Å². The third kappa shape index (κ3) is 2.39. The van der Waals surface area contributed by atoms with Gasteiger partial charge in [0, 0.05) is 12.6 Å². The minimum atomic E-state index is 0.424. The Labute approximate surface area is 92.1 Å². The molecular formula is C13H20N2. The van der Waals surface area contributed by atoms with E-state index in [9.17, 15) is 0 Å². The van der Waals surface area contributed by atoms with Gasteiger partial charge in [0.1, 0.15) is 0 Å². The molecule has 15 heavy (non-hydrogen) atoms. The Morgan fingerprint density at radius 1 is 1.20 bits per heavy atom. The molecule has 82 valence electrons. The van der Waals surface area contributed by atoms with E-state index in [1.807, 2.05) is 0 Å². The van der Waals surface area contributed by atoms with E-state index in [1.54, 1.807) is 0 Å². The second-order valence-electron chi connectivity index (χ2n) is 4.41. The van der Waals surface area contributed by atoms with Crippen molar-refractivity contribution in [2.75, 3.05) is 19.6 Å². The topological polar surface area (TPSA) is 29.3 Å². The lowest BCUT2D eigenvalue weighted by molar-refractivity contribution is 0.251. The molecule has 2 rings (SSSR count). The Morgan fingerprint density at radius 3 is 2.33 bits per heavy atom. The molecule has 0 aromatic heterocycles. The van der Waals surface area contributed by atoms with Gasteiger partial charge in [-0.2, -0.15) is 0 Å². The predicted octanol–water partition coefficient (Wildman–Crippen LogP) is 2.09. The lowest BCUT2D eigenvalue weighted by Gasteiger charge is -2.26. The van der Waals surface area contributed by atoms with E-state index < -0.39 is 0 Å². The first-order chi connectivity index (χ1) is 7.31. The van der Waals surface area contributed by atoms with Gasteiger partial charge in [0.05, 0.1) is 0 Å². The average molecular weight is 204 g/mol. The van der Waals surface area contributed by atoms with Crippen LogP contribution in [-0.2, 0) is 0 Å². The van der Waals surface area contributed by atoms with E-state index in [1.165, 1.54) is 37.1 Å². The molecule has 0 spiro atoms. The molecule has 1 aromatic carbocycles. The Bertz CT molecular complexity index is 299. The number of benzene rings is 1. The molecule has 1 saturated heterocycles. The molecular weight excluding hydrogens is 184 g/mol. The van der Waals surface area contributed by atoms with Gasteiger partial charge >= 0.3 is 0 Å². The molecule has 0 amide bonds. The van der Waals surface area contributed by atoms with Crippen molar-refractivity contribution in [3.05, 3.63) is 35.4 Å². The van der Waals surface area contributed by atoms with Gasteiger partial charge in [-0.15, -0.1) is 0 Å². The van der Waals surface area contributed by atoms with Gasteiger partial charge in [-0.3, -0.25) is 4.90 Å².